The van der Waals surface area contributed by atoms with Crippen LogP contribution in [0.1, 0.15) is 47.8 Å². The van der Waals surface area contributed by atoms with Crippen LogP contribution in [0.2, 0.25) is 0 Å². The highest BCUT2D eigenvalue weighted by atomic mass is 32.2. The predicted molar refractivity (Wildman–Crippen MR) is 110 cm³/mol. The third-order valence-corrected chi connectivity index (χ3v) is 5.90. The third-order valence-electron chi connectivity index (χ3n) is 4.77. The number of nitrogens with one attached hydrogen (secondary N) is 2. The number of carbonyl (C=O) groups excluding carboxylic acids is 1. The van der Waals surface area contributed by atoms with Crippen molar-refractivity contribution in [3.05, 3.63) is 59.4 Å². The second-order valence-corrected chi connectivity index (χ2v) is 9.50. The zero-order valence-corrected chi connectivity index (χ0v) is 17.3. The van der Waals surface area contributed by atoms with Crippen LogP contribution in [0.25, 0.3) is 11.0 Å². The van der Waals surface area contributed by atoms with Crippen LogP contribution in [0.5, 0.6) is 0 Å². The first-order valence-corrected chi connectivity index (χ1v) is 11.1. The van der Waals surface area contributed by atoms with Crippen molar-refractivity contribution >= 4 is 26.8 Å². The molecule has 148 valence electrons. The Morgan fingerprint density at radius 2 is 1.86 bits per heavy atom. The third kappa shape index (κ3) is 4.25. The highest BCUT2D eigenvalue weighted by Gasteiger charge is 2.20. The Hall–Kier alpha value is -2.67. The first kappa shape index (κ1) is 20.1. The SMILES string of the molecule is CNC(=O)c1cnc2[nH]c(C(CC(C)C)c3ccc(S(C)(=O)=O)cc3)cc2c1. The van der Waals surface area contributed by atoms with Crippen molar-refractivity contribution in [1.82, 2.24) is 15.3 Å². The molecule has 0 aliphatic rings. The van der Waals surface area contributed by atoms with Crippen molar-refractivity contribution in [3.8, 4) is 0 Å². The van der Waals surface area contributed by atoms with Crippen LogP contribution < -0.4 is 5.32 Å². The monoisotopic (exact) mass is 399 g/mol. The molecule has 0 saturated carbocycles. The lowest BCUT2D eigenvalue weighted by Gasteiger charge is -2.19. The maximum absolute atomic E-state index is 11.9. The van der Waals surface area contributed by atoms with E-state index in [1.807, 2.05) is 24.3 Å². The average molecular weight is 400 g/mol. The highest BCUT2D eigenvalue weighted by molar-refractivity contribution is 7.90. The first-order chi connectivity index (χ1) is 13.2. The van der Waals surface area contributed by atoms with Crippen LogP contribution in [0.4, 0.5) is 0 Å². The van der Waals surface area contributed by atoms with Gasteiger partial charge in [0.05, 0.1) is 10.5 Å². The molecule has 0 bridgehead atoms. The predicted octanol–water partition coefficient (Wildman–Crippen LogP) is 3.50. The van der Waals surface area contributed by atoms with Gasteiger partial charge in [-0.15, -0.1) is 0 Å². The molecule has 7 heteroatoms. The van der Waals surface area contributed by atoms with E-state index in [9.17, 15) is 13.2 Å². The summed E-state index contributed by atoms with van der Waals surface area (Å²) in [5.74, 6) is 0.346. The van der Waals surface area contributed by atoms with Crippen LogP contribution in [0, 0.1) is 5.92 Å². The maximum Gasteiger partial charge on any atom is 0.252 e. The van der Waals surface area contributed by atoms with Crippen LogP contribution in [0.3, 0.4) is 0 Å². The van der Waals surface area contributed by atoms with E-state index in [0.717, 1.165) is 28.7 Å². The topological polar surface area (TPSA) is 91.9 Å². The van der Waals surface area contributed by atoms with E-state index >= 15 is 0 Å². The molecule has 2 aromatic heterocycles. The summed E-state index contributed by atoms with van der Waals surface area (Å²) < 4.78 is 23.5. The Morgan fingerprint density at radius 3 is 2.43 bits per heavy atom. The van der Waals surface area contributed by atoms with Crippen molar-refractivity contribution in [2.45, 2.75) is 31.1 Å². The minimum Gasteiger partial charge on any atom is -0.355 e. The molecule has 1 aromatic carbocycles. The zero-order valence-electron chi connectivity index (χ0n) is 16.5. The van der Waals surface area contributed by atoms with Crippen LogP contribution in [0.15, 0.2) is 47.5 Å². The number of carbonyl (C=O) groups is 1. The van der Waals surface area contributed by atoms with Crippen LogP contribution in [-0.4, -0.2) is 37.6 Å². The summed E-state index contributed by atoms with van der Waals surface area (Å²) in [6, 6.07) is 10.9. The molecule has 3 aromatic rings. The molecular weight excluding hydrogens is 374 g/mol. The minimum absolute atomic E-state index is 0.0752. The second kappa shape index (κ2) is 7.75. The quantitative estimate of drug-likeness (QED) is 0.663. The molecule has 1 unspecified atom stereocenters. The van der Waals surface area contributed by atoms with Gasteiger partial charge >= 0.3 is 0 Å². The Labute approximate surface area is 165 Å². The number of H-pyrrole nitrogens is 1. The normalized spacial score (nSPS) is 13.0. The zero-order chi connectivity index (χ0) is 20.5. The molecule has 3 rings (SSSR count). The number of sulfone groups is 1. The number of benzene rings is 1. The Bertz CT molecular complexity index is 1100. The van der Waals surface area contributed by atoms with Crippen molar-refractivity contribution in [1.29, 1.82) is 0 Å². The van der Waals surface area contributed by atoms with Gasteiger partial charge in [0.1, 0.15) is 5.65 Å². The van der Waals surface area contributed by atoms with Gasteiger partial charge in [0.2, 0.25) is 0 Å². The molecule has 1 amide bonds. The highest BCUT2D eigenvalue weighted by Crippen LogP contribution is 2.33. The molecule has 0 spiro atoms. The molecule has 0 fully saturated rings. The van der Waals surface area contributed by atoms with E-state index in [-0.39, 0.29) is 11.8 Å². The molecule has 6 nitrogen and oxygen atoms in total. The number of nitrogens with zero attached hydrogens (tertiary/aromatic N) is 1. The van der Waals surface area contributed by atoms with Gasteiger partial charge in [0.25, 0.3) is 5.91 Å². The van der Waals surface area contributed by atoms with Crippen molar-refractivity contribution in [2.24, 2.45) is 5.92 Å². The number of amides is 1. The lowest BCUT2D eigenvalue weighted by Crippen LogP contribution is -2.17. The molecule has 2 heterocycles. The van der Waals surface area contributed by atoms with Gasteiger partial charge in [0, 0.05) is 36.5 Å². The molecular formula is C21H25N3O3S. The summed E-state index contributed by atoms with van der Waals surface area (Å²) in [7, 11) is -1.63. The number of aromatic nitrogens is 2. The van der Waals surface area contributed by atoms with E-state index < -0.39 is 9.84 Å². The number of pyridine rings is 1. The summed E-state index contributed by atoms with van der Waals surface area (Å²) in [6.45, 7) is 4.31. The van der Waals surface area contributed by atoms with Gasteiger partial charge in [-0.3, -0.25) is 4.79 Å². The van der Waals surface area contributed by atoms with Gasteiger partial charge in [0.15, 0.2) is 9.84 Å². The van der Waals surface area contributed by atoms with Crippen molar-refractivity contribution in [3.63, 3.8) is 0 Å². The van der Waals surface area contributed by atoms with Crippen LogP contribution >= 0.6 is 0 Å². The fourth-order valence-electron chi connectivity index (χ4n) is 3.35. The van der Waals surface area contributed by atoms with Gasteiger partial charge in [-0.05, 0) is 42.2 Å². The minimum atomic E-state index is -3.22. The number of aromatic amines is 1. The van der Waals surface area contributed by atoms with E-state index in [4.69, 9.17) is 0 Å². The van der Waals surface area contributed by atoms with Crippen molar-refractivity contribution in [2.75, 3.05) is 13.3 Å². The summed E-state index contributed by atoms with van der Waals surface area (Å²) in [5.41, 5.74) is 3.28. The molecule has 0 radical (unpaired) electrons. The lowest BCUT2D eigenvalue weighted by molar-refractivity contribution is 0.0963. The number of rotatable bonds is 6. The number of hydrogen-bond acceptors (Lipinski definition) is 4. The number of hydrogen-bond donors (Lipinski definition) is 2. The van der Waals surface area contributed by atoms with Crippen LogP contribution in [-0.2, 0) is 9.84 Å². The maximum atomic E-state index is 11.9. The standard InChI is InChI=1S/C21H25N3O3S/c1-13(2)9-18(14-5-7-17(8-6-14)28(4,26)27)19-11-15-10-16(21(25)22-3)12-23-20(15)24-19/h5-8,10-13,18H,9H2,1-4H3,(H,22,25)(H,23,24). The fraction of sp³-hybridized carbons (Fsp3) is 0.333. The lowest BCUT2D eigenvalue weighted by atomic mass is 9.88. The van der Waals surface area contributed by atoms with Gasteiger partial charge in [-0.1, -0.05) is 26.0 Å². The fourth-order valence-corrected chi connectivity index (χ4v) is 3.98. The Morgan fingerprint density at radius 1 is 1.18 bits per heavy atom. The molecule has 0 aliphatic carbocycles. The molecule has 0 saturated heterocycles. The average Bonchev–Trinajstić information content (AvgIpc) is 3.07. The van der Waals surface area contributed by atoms with Gasteiger partial charge in [-0.2, -0.15) is 0 Å². The first-order valence-electron chi connectivity index (χ1n) is 9.19. The van der Waals surface area contributed by atoms with E-state index in [0.29, 0.717) is 16.4 Å². The number of fused-ring (bicyclic) bond motifs is 1. The molecule has 1 atom stereocenters. The molecule has 0 aliphatic heterocycles. The van der Waals surface area contributed by atoms with E-state index in [1.165, 1.54) is 6.26 Å². The summed E-state index contributed by atoms with van der Waals surface area (Å²) in [6.07, 6.45) is 3.66. The smallest absolute Gasteiger partial charge is 0.252 e. The van der Waals surface area contributed by atoms with Gasteiger partial charge < -0.3 is 10.3 Å². The Kier molecular flexibility index (Phi) is 5.56. The van der Waals surface area contributed by atoms with E-state index in [2.05, 4.69) is 29.1 Å². The van der Waals surface area contributed by atoms with Crippen molar-refractivity contribution < 1.29 is 13.2 Å². The largest absolute Gasteiger partial charge is 0.355 e. The second-order valence-electron chi connectivity index (χ2n) is 7.49. The summed E-state index contributed by atoms with van der Waals surface area (Å²) in [4.78, 5) is 19.9. The Balaban J connectivity index is 2.03. The molecule has 28 heavy (non-hydrogen) atoms. The van der Waals surface area contributed by atoms with Gasteiger partial charge in [-0.25, -0.2) is 13.4 Å². The summed E-state index contributed by atoms with van der Waals surface area (Å²) in [5, 5.41) is 3.48. The molecule has 2 N–H and O–H groups in total. The van der Waals surface area contributed by atoms with E-state index in [1.54, 1.807) is 25.4 Å². The summed E-state index contributed by atoms with van der Waals surface area (Å²) >= 11 is 0.